The molecule has 10 heteroatoms. The average molecular weight is 459 g/mol. The number of carbonyl (C=O) groups is 3. The van der Waals surface area contributed by atoms with E-state index in [9.17, 15) is 24.3 Å². The minimum atomic E-state index is -1.25. The number of anilines is 1. The highest BCUT2D eigenvalue weighted by Crippen LogP contribution is 2.23. The van der Waals surface area contributed by atoms with E-state index in [-0.39, 0.29) is 18.9 Å². The lowest BCUT2D eigenvalue weighted by molar-refractivity contribution is -0.142. The number of fused-ring (bicyclic) bond motifs is 1. The first-order valence-corrected chi connectivity index (χ1v) is 10.8. The Hall–Kier alpha value is -3.56. The van der Waals surface area contributed by atoms with Gasteiger partial charge in [0, 0.05) is 49.9 Å². The van der Waals surface area contributed by atoms with E-state index in [1.807, 2.05) is 26.8 Å². The third-order valence-corrected chi connectivity index (χ3v) is 5.46. The third-order valence-electron chi connectivity index (χ3n) is 5.46. The predicted octanol–water partition coefficient (Wildman–Crippen LogP) is 2.55. The number of piperazine rings is 1. The molecule has 1 fully saturated rings. The van der Waals surface area contributed by atoms with Gasteiger partial charge in [0.2, 0.25) is 0 Å². The first kappa shape index (κ1) is 24.1. The van der Waals surface area contributed by atoms with Crippen LogP contribution in [0.2, 0.25) is 0 Å². The Bertz CT molecular complexity index is 1110. The van der Waals surface area contributed by atoms with E-state index in [0.717, 1.165) is 10.3 Å². The maximum atomic E-state index is 12.9. The summed E-state index contributed by atoms with van der Waals surface area (Å²) < 4.78 is 6.50. The van der Waals surface area contributed by atoms with Crippen LogP contribution in [0.4, 0.5) is 10.5 Å². The number of benzene rings is 1. The number of carboxylic acid groups (broad SMARTS) is 2. The normalized spacial score (nSPS) is 15.4. The van der Waals surface area contributed by atoms with Crippen LogP contribution in [-0.4, -0.2) is 69.5 Å². The van der Waals surface area contributed by atoms with Crippen molar-refractivity contribution in [2.24, 2.45) is 0 Å². The standard InChI is InChI=1S/C23H29N3O7/c1-23(2,3)33-22(32)25-12-10-24(11-13-25)16-4-5-17-15(14-16)8-9-26(20(17)29)18(21(30)31)6-7-19(27)28/h4-5,8-9,14,18H,6-7,10-13H2,1-3H3,(H,27,28)(H,30,31). The molecule has 1 aliphatic heterocycles. The van der Waals surface area contributed by atoms with Gasteiger partial charge in [-0.15, -0.1) is 0 Å². The number of nitrogens with zero attached hydrogens (tertiary/aromatic N) is 3. The number of amides is 1. The maximum absolute atomic E-state index is 12.9. The van der Waals surface area contributed by atoms with Crippen molar-refractivity contribution in [3.8, 4) is 0 Å². The second kappa shape index (κ2) is 9.51. The zero-order chi connectivity index (χ0) is 24.3. The monoisotopic (exact) mass is 459 g/mol. The van der Waals surface area contributed by atoms with E-state index < -0.39 is 29.1 Å². The fraction of sp³-hybridized carbons (Fsp3) is 0.478. The molecule has 1 aromatic heterocycles. The van der Waals surface area contributed by atoms with Gasteiger partial charge in [0.1, 0.15) is 11.6 Å². The summed E-state index contributed by atoms with van der Waals surface area (Å²) in [5.74, 6) is -2.37. The minimum absolute atomic E-state index is 0.184. The van der Waals surface area contributed by atoms with Crippen LogP contribution in [0, 0.1) is 0 Å². The van der Waals surface area contributed by atoms with Gasteiger partial charge in [-0.3, -0.25) is 9.59 Å². The van der Waals surface area contributed by atoms with Gasteiger partial charge in [-0.25, -0.2) is 9.59 Å². The molecule has 1 aliphatic rings. The molecule has 1 unspecified atom stereocenters. The Morgan fingerprint density at radius 1 is 1.06 bits per heavy atom. The van der Waals surface area contributed by atoms with Gasteiger partial charge in [-0.2, -0.15) is 0 Å². The van der Waals surface area contributed by atoms with E-state index in [1.54, 1.807) is 23.1 Å². The van der Waals surface area contributed by atoms with E-state index >= 15 is 0 Å². The first-order chi connectivity index (χ1) is 15.5. The van der Waals surface area contributed by atoms with Crippen molar-refractivity contribution >= 4 is 34.5 Å². The van der Waals surface area contributed by atoms with Crippen molar-refractivity contribution in [3.05, 3.63) is 40.8 Å². The summed E-state index contributed by atoms with van der Waals surface area (Å²) in [6.07, 6.45) is 0.526. The van der Waals surface area contributed by atoms with Crippen LogP contribution >= 0.6 is 0 Å². The van der Waals surface area contributed by atoms with Crippen LogP contribution in [0.5, 0.6) is 0 Å². The minimum Gasteiger partial charge on any atom is -0.481 e. The molecular formula is C23H29N3O7. The lowest BCUT2D eigenvalue weighted by atomic mass is 10.1. The lowest BCUT2D eigenvalue weighted by Crippen LogP contribution is -2.50. The Kier molecular flexibility index (Phi) is 6.95. The van der Waals surface area contributed by atoms with Crippen molar-refractivity contribution in [1.29, 1.82) is 0 Å². The molecule has 178 valence electrons. The molecule has 0 bridgehead atoms. The molecule has 1 aromatic carbocycles. The van der Waals surface area contributed by atoms with E-state index in [0.29, 0.717) is 37.0 Å². The van der Waals surface area contributed by atoms with Gasteiger partial charge >= 0.3 is 18.0 Å². The van der Waals surface area contributed by atoms with E-state index in [1.165, 1.54) is 6.20 Å². The number of carbonyl (C=O) groups excluding carboxylic acids is 1. The molecule has 3 rings (SSSR count). The molecule has 1 amide bonds. The summed E-state index contributed by atoms with van der Waals surface area (Å²) >= 11 is 0. The third kappa shape index (κ3) is 5.82. The largest absolute Gasteiger partial charge is 0.481 e. The Labute approximate surface area is 191 Å². The molecular weight excluding hydrogens is 430 g/mol. The molecule has 10 nitrogen and oxygen atoms in total. The van der Waals surface area contributed by atoms with Crippen molar-refractivity contribution in [1.82, 2.24) is 9.47 Å². The van der Waals surface area contributed by atoms with Crippen LogP contribution < -0.4 is 10.5 Å². The molecule has 0 radical (unpaired) electrons. The molecule has 0 aliphatic carbocycles. The van der Waals surface area contributed by atoms with Gasteiger partial charge in [-0.05, 0) is 56.8 Å². The summed E-state index contributed by atoms with van der Waals surface area (Å²) in [5.41, 5.74) is -0.136. The molecule has 2 heterocycles. The van der Waals surface area contributed by atoms with Gasteiger partial charge in [0.25, 0.3) is 5.56 Å². The summed E-state index contributed by atoms with van der Waals surface area (Å²) in [6.45, 7) is 7.73. The zero-order valence-electron chi connectivity index (χ0n) is 19.0. The number of hydrogen-bond donors (Lipinski definition) is 2. The fourth-order valence-electron chi connectivity index (χ4n) is 3.81. The van der Waals surface area contributed by atoms with Crippen molar-refractivity contribution < 1.29 is 29.3 Å². The molecule has 0 saturated carbocycles. The second-order valence-corrected chi connectivity index (χ2v) is 9.04. The number of aromatic nitrogens is 1. The molecule has 33 heavy (non-hydrogen) atoms. The van der Waals surface area contributed by atoms with Crippen LogP contribution in [0.25, 0.3) is 10.8 Å². The number of rotatable bonds is 6. The molecule has 1 atom stereocenters. The van der Waals surface area contributed by atoms with Crippen LogP contribution in [-0.2, 0) is 14.3 Å². The predicted molar refractivity (Wildman–Crippen MR) is 122 cm³/mol. The summed E-state index contributed by atoms with van der Waals surface area (Å²) in [6, 6.07) is 5.72. The van der Waals surface area contributed by atoms with Gasteiger partial charge < -0.3 is 29.3 Å². The molecule has 0 spiro atoms. The number of carboxylic acids is 2. The highest BCUT2D eigenvalue weighted by molar-refractivity contribution is 5.85. The van der Waals surface area contributed by atoms with Gasteiger partial charge in [-0.1, -0.05) is 0 Å². The number of ether oxygens (including phenoxy) is 1. The van der Waals surface area contributed by atoms with Crippen LogP contribution in [0.3, 0.4) is 0 Å². The summed E-state index contributed by atoms with van der Waals surface area (Å²) in [4.78, 5) is 51.4. The quantitative estimate of drug-likeness (QED) is 0.674. The van der Waals surface area contributed by atoms with Crippen molar-refractivity contribution in [2.45, 2.75) is 45.3 Å². The number of aliphatic carboxylic acids is 2. The molecule has 2 aromatic rings. The molecule has 1 saturated heterocycles. The topological polar surface area (TPSA) is 129 Å². The van der Waals surface area contributed by atoms with Gasteiger partial charge in [0.05, 0.1) is 0 Å². The number of pyridine rings is 1. The summed E-state index contributed by atoms with van der Waals surface area (Å²) in [7, 11) is 0. The zero-order valence-corrected chi connectivity index (χ0v) is 19.0. The van der Waals surface area contributed by atoms with Crippen LogP contribution in [0.1, 0.15) is 39.7 Å². The average Bonchev–Trinajstić information content (AvgIpc) is 2.73. The second-order valence-electron chi connectivity index (χ2n) is 9.04. The highest BCUT2D eigenvalue weighted by atomic mass is 16.6. The Balaban J connectivity index is 1.77. The Morgan fingerprint density at radius 2 is 1.73 bits per heavy atom. The van der Waals surface area contributed by atoms with E-state index in [2.05, 4.69) is 4.90 Å². The lowest BCUT2D eigenvalue weighted by Gasteiger charge is -2.36. The summed E-state index contributed by atoms with van der Waals surface area (Å²) in [5, 5.41) is 19.4. The van der Waals surface area contributed by atoms with Crippen molar-refractivity contribution in [3.63, 3.8) is 0 Å². The smallest absolute Gasteiger partial charge is 0.410 e. The molecule has 2 N–H and O–H groups in total. The SMILES string of the molecule is CC(C)(C)OC(=O)N1CCN(c2ccc3c(=O)n(C(CCC(=O)O)C(=O)O)ccc3c2)CC1. The van der Waals surface area contributed by atoms with Crippen LogP contribution in [0.15, 0.2) is 35.3 Å². The van der Waals surface area contributed by atoms with E-state index in [4.69, 9.17) is 9.84 Å². The van der Waals surface area contributed by atoms with Crippen molar-refractivity contribution in [2.75, 3.05) is 31.1 Å². The van der Waals surface area contributed by atoms with Gasteiger partial charge in [0.15, 0.2) is 0 Å². The fourth-order valence-corrected chi connectivity index (χ4v) is 3.81. The number of hydrogen-bond acceptors (Lipinski definition) is 6. The maximum Gasteiger partial charge on any atom is 0.410 e. The highest BCUT2D eigenvalue weighted by Gasteiger charge is 2.26. The Morgan fingerprint density at radius 3 is 2.30 bits per heavy atom. The first-order valence-electron chi connectivity index (χ1n) is 10.8.